The lowest BCUT2D eigenvalue weighted by Gasteiger charge is -2.19. The molecule has 1 saturated heterocycles. The third-order valence-electron chi connectivity index (χ3n) is 2.01. The van der Waals surface area contributed by atoms with Gasteiger partial charge in [-0.2, -0.15) is 0 Å². The van der Waals surface area contributed by atoms with E-state index in [2.05, 4.69) is 0 Å². The summed E-state index contributed by atoms with van der Waals surface area (Å²) in [5.74, 6) is 0. The average Bonchev–Trinajstić information content (AvgIpc) is 2.29. The molecule has 1 unspecified atom stereocenters. The summed E-state index contributed by atoms with van der Waals surface area (Å²) >= 11 is 0. The molecular weight excluding hydrogens is 155 g/mol. The summed E-state index contributed by atoms with van der Waals surface area (Å²) in [4.78, 5) is 0. The molecule has 0 aliphatic carbocycles. The first-order chi connectivity index (χ1) is 5.63. The Kier molecular flexibility index (Phi) is 3.56. The molecule has 1 fully saturated rings. The van der Waals surface area contributed by atoms with Crippen LogP contribution in [0.1, 0.15) is 20.3 Å². The van der Waals surface area contributed by atoms with Gasteiger partial charge in [0.2, 0.25) is 0 Å². The highest BCUT2D eigenvalue weighted by molar-refractivity contribution is 6.11. The van der Waals surface area contributed by atoms with E-state index in [0.717, 1.165) is 6.42 Å². The lowest BCUT2D eigenvalue weighted by Crippen LogP contribution is -2.29. The van der Waals surface area contributed by atoms with E-state index in [1.807, 2.05) is 21.7 Å². The van der Waals surface area contributed by atoms with Crippen LogP contribution in [-0.4, -0.2) is 43.9 Å². The summed E-state index contributed by atoms with van der Waals surface area (Å²) in [6.45, 7) is 4.05. The average molecular weight is 172 g/mol. The SMILES string of the molecule is B[C@H]1CC(OC(C)C)[C@@H](CO)O1. The van der Waals surface area contributed by atoms with Crippen molar-refractivity contribution in [3.05, 3.63) is 0 Å². The predicted molar refractivity (Wildman–Crippen MR) is 48.9 cm³/mol. The van der Waals surface area contributed by atoms with Gasteiger partial charge in [0.25, 0.3) is 0 Å². The zero-order chi connectivity index (χ0) is 9.14. The van der Waals surface area contributed by atoms with Gasteiger partial charge in [0.05, 0.1) is 18.8 Å². The predicted octanol–water partition coefficient (Wildman–Crippen LogP) is -0.480. The largest absolute Gasteiger partial charge is 0.394 e. The van der Waals surface area contributed by atoms with Gasteiger partial charge in [-0.1, -0.05) is 0 Å². The summed E-state index contributed by atoms with van der Waals surface area (Å²) in [6, 6.07) is 0.214. The Morgan fingerprint density at radius 1 is 1.67 bits per heavy atom. The van der Waals surface area contributed by atoms with Gasteiger partial charge < -0.3 is 14.6 Å². The molecule has 1 aliphatic heterocycles. The van der Waals surface area contributed by atoms with E-state index in [1.165, 1.54) is 0 Å². The Bertz CT molecular complexity index is 140. The van der Waals surface area contributed by atoms with Gasteiger partial charge in [0.15, 0.2) is 0 Å². The van der Waals surface area contributed by atoms with Crippen molar-refractivity contribution < 1.29 is 14.6 Å². The van der Waals surface area contributed by atoms with Crippen molar-refractivity contribution in [3.63, 3.8) is 0 Å². The van der Waals surface area contributed by atoms with Gasteiger partial charge in [-0.3, -0.25) is 0 Å². The fourth-order valence-electron chi connectivity index (χ4n) is 1.57. The zero-order valence-corrected chi connectivity index (χ0v) is 7.99. The Morgan fingerprint density at radius 2 is 2.33 bits per heavy atom. The van der Waals surface area contributed by atoms with Crippen molar-refractivity contribution in [3.8, 4) is 0 Å². The normalized spacial score (nSPS) is 36.2. The number of hydrogen-bond donors (Lipinski definition) is 1. The third-order valence-corrected chi connectivity index (χ3v) is 2.01. The standard InChI is InChI=1S/C8H17BO3/c1-5(2)11-6-3-8(9)12-7(6)4-10/h5-8,10H,3-4,9H2,1-2H3/t6?,7-,8-/m1/s1. The maximum absolute atomic E-state index is 8.96. The smallest absolute Gasteiger partial charge is 0.139 e. The first kappa shape index (κ1) is 10.0. The van der Waals surface area contributed by atoms with E-state index in [4.69, 9.17) is 14.6 Å². The molecule has 70 valence electrons. The number of hydrogen-bond acceptors (Lipinski definition) is 3. The van der Waals surface area contributed by atoms with Gasteiger partial charge in [-0.15, -0.1) is 0 Å². The van der Waals surface area contributed by atoms with Gasteiger partial charge in [-0.25, -0.2) is 0 Å². The van der Waals surface area contributed by atoms with Crippen molar-refractivity contribution in [2.45, 2.75) is 44.6 Å². The minimum Gasteiger partial charge on any atom is -0.394 e. The maximum Gasteiger partial charge on any atom is 0.139 e. The Labute approximate surface area is 74.5 Å². The highest BCUT2D eigenvalue weighted by atomic mass is 16.6. The molecule has 1 rings (SSSR count). The van der Waals surface area contributed by atoms with E-state index in [1.54, 1.807) is 0 Å². The molecule has 0 aromatic rings. The molecule has 4 heteroatoms. The second kappa shape index (κ2) is 4.26. The number of ether oxygens (including phenoxy) is 2. The van der Waals surface area contributed by atoms with E-state index in [0.29, 0.717) is 0 Å². The summed E-state index contributed by atoms with van der Waals surface area (Å²) in [7, 11) is 2.01. The van der Waals surface area contributed by atoms with Crippen LogP contribution < -0.4 is 0 Å². The van der Waals surface area contributed by atoms with Crippen LogP contribution in [0.3, 0.4) is 0 Å². The molecule has 1 N–H and O–H groups in total. The van der Waals surface area contributed by atoms with Crippen molar-refractivity contribution in [2.24, 2.45) is 0 Å². The minimum atomic E-state index is -0.123. The van der Waals surface area contributed by atoms with Gasteiger partial charge in [0, 0.05) is 6.00 Å². The maximum atomic E-state index is 8.96. The quantitative estimate of drug-likeness (QED) is 0.584. The molecule has 0 aromatic heterocycles. The molecule has 3 atom stereocenters. The number of aliphatic hydroxyl groups excluding tert-OH is 1. The van der Waals surface area contributed by atoms with Crippen LogP contribution in [0.4, 0.5) is 0 Å². The molecular formula is C8H17BO3. The zero-order valence-electron chi connectivity index (χ0n) is 7.99. The van der Waals surface area contributed by atoms with Crippen LogP contribution in [0, 0.1) is 0 Å². The van der Waals surface area contributed by atoms with Crippen LogP contribution in [0.25, 0.3) is 0 Å². The van der Waals surface area contributed by atoms with Crippen LogP contribution in [0.2, 0.25) is 0 Å². The second-order valence-corrected chi connectivity index (χ2v) is 3.63. The molecule has 0 radical (unpaired) electrons. The number of aliphatic hydroxyl groups is 1. The molecule has 1 aliphatic rings. The molecule has 0 bridgehead atoms. The molecule has 0 spiro atoms. The molecule has 1 heterocycles. The van der Waals surface area contributed by atoms with Crippen molar-refractivity contribution >= 4 is 7.85 Å². The second-order valence-electron chi connectivity index (χ2n) is 3.63. The summed E-state index contributed by atoms with van der Waals surface area (Å²) < 4.78 is 11.0. The molecule has 0 saturated carbocycles. The molecule has 12 heavy (non-hydrogen) atoms. The highest BCUT2D eigenvalue weighted by Crippen LogP contribution is 2.22. The van der Waals surface area contributed by atoms with E-state index < -0.39 is 0 Å². The minimum absolute atomic E-state index is 0.0573. The van der Waals surface area contributed by atoms with Gasteiger partial charge in [0.1, 0.15) is 14.0 Å². The van der Waals surface area contributed by atoms with E-state index >= 15 is 0 Å². The Morgan fingerprint density at radius 3 is 2.83 bits per heavy atom. The van der Waals surface area contributed by atoms with Crippen molar-refractivity contribution in [2.75, 3.05) is 6.61 Å². The number of rotatable bonds is 3. The van der Waals surface area contributed by atoms with Crippen LogP contribution in [-0.2, 0) is 9.47 Å². The summed E-state index contributed by atoms with van der Waals surface area (Å²) in [5, 5.41) is 8.96. The molecule has 0 aromatic carbocycles. The van der Waals surface area contributed by atoms with E-state index in [9.17, 15) is 0 Å². The van der Waals surface area contributed by atoms with Crippen LogP contribution >= 0.6 is 0 Å². The van der Waals surface area contributed by atoms with Gasteiger partial charge in [-0.05, 0) is 20.3 Å². The van der Waals surface area contributed by atoms with Crippen LogP contribution in [0.15, 0.2) is 0 Å². The van der Waals surface area contributed by atoms with Gasteiger partial charge >= 0.3 is 0 Å². The third kappa shape index (κ3) is 2.47. The Hall–Kier alpha value is -0.0551. The van der Waals surface area contributed by atoms with E-state index in [-0.39, 0.29) is 30.9 Å². The Balaban J connectivity index is 2.40. The molecule has 3 nitrogen and oxygen atoms in total. The lowest BCUT2D eigenvalue weighted by atomic mass is 9.96. The fraction of sp³-hybridized carbons (Fsp3) is 1.00. The monoisotopic (exact) mass is 172 g/mol. The first-order valence-corrected chi connectivity index (χ1v) is 4.55. The topological polar surface area (TPSA) is 38.7 Å². The highest BCUT2D eigenvalue weighted by Gasteiger charge is 2.33. The summed E-state index contributed by atoms with van der Waals surface area (Å²) in [5.41, 5.74) is 0. The fourth-order valence-corrected chi connectivity index (χ4v) is 1.57. The van der Waals surface area contributed by atoms with Crippen molar-refractivity contribution in [1.82, 2.24) is 0 Å². The summed E-state index contributed by atoms with van der Waals surface area (Å²) in [6.07, 6.45) is 1.05. The van der Waals surface area contributed by atoms with Crippen LogP contribution in [0.5, 0.6) is 0 Å². The molecule has 0 amide bonds. The lowest BCUT2D eigenvalue weighted by molar-refractivity contribution is -0.0581. The first-order valence-electron chi connectivity index (χ1n) is 4.55. The van der Waals surface area contributed by atoms with Crippen molar-refractivity contribution in [1.29, 1.82) is 0 Å².